The molecule has 0 saturated carbocycles. The van der Waals surface area contributed by atoms with Crippen LogP contribution in [0.5, 0.6) is 5.75 Å². The van der Waals surface area contributed by atoms with Crippen molar-refractivity contribution in [2.24, 2.45) is 0 Å². The van der Waals surface area contributed by atoms with Crippen molar-refractivity contribution in [1.29, 1.82) is 0 Å². The summed E-state index contributed by atoms with van der Waals surface area (Å²) in [6, 6.07) is 19.0. The third-order valence-electron chi connectivity index (χ3n) is 3.46. The van der Waals surface area contributed by atoms with E-state index in [1.807, 2.05) is 60.7 Å². The number of rotatable bonds is 4. The number of carbonyl (C=O) groups excluding carboxylic acids is 1. The summed E-state index contributed by atoms with van der Waals surface area (Å²) in [6.45, 7) is -0.0267. The number of likely N-dealkylation sites (N-methyl/N-ethyl adjacent to an activating group) is 1. The van der Waals surface area contributed by atoms with Gasteiger partial charge in [-0.3, -0.25) is 9.78 Å². The van der Waals surface area contributed by atoms with Gasteiger partial charge in [-0.05, 0) is 24.3 Å². The van der Waals surface area contributed by atoms with Crippen LogP contribution in [0.25, 0.3) is 10.9 Å². The van der Waals surface area contributed by atoms with Crippen LogP contribution in [0.4, 0.5) is 5.69 Å². The summed E-state index contributed by atoms with van der Waals surface area (Å²) in [6.07, 6.45) is 1.72. The Morgan fingerprint density at radius 3 is 2.57 bits per heavy atom. The fourth-order valence-corrected chi connectivity index (χ4v) is 2.22. The number of anilines is 1. The molecular weight excluding hydrogens is 292 g/mol. The second-order valence-corrected chi connectivity index (χ2v) is 4.91. The van der Waals surface area contributed by atoms with Gasteiger partial charge in [-0.25, -0.2) is 0 Å². The SMILES string of the molecule is CN(C(=O)COc1cccc2cccnc12)c1ccccc1.O. The van der Waals surface area contributed by atoms with Crippen LogP contribution in [0.2, 0.25) is 0 Å². The van der Waals surface area contributed by atoms with E-state index >= 15 is 0 Å². The molecule has 0 unspecified atom stereocenters. The molecule has 0 bridgehead atoms. The van der Waals surface area contributed by atoms with Gasteiger partial charge in [-0.2, -0.15) is 0 Å². The van der Waals surface area contributed by atoms with Crippen LogP contribution in [0.15, 0.2) is 66.9 Å². The Hall–Kier alpha value is -2.92. The molecule has 2 aromatic carbocycles. The average molecular weight is 310 g/mol. The molecule has 0 radical (unpaired) electrons. The van der Waals surface area contributed by atoms with Crippen molar-refractivity contribution in [1.82, 2.24) is 4.98 Å². The van der Waals surface area contributed by atoms with Crippen molar-refractivity contribution < 1.29 is 15.0 Å². The van der Waals surface area contributed by atoms with Gasteiger partial charge in [0, 0.05) is 24.3 Å². The van der Waals surface area contributed by atoms with Crippen molar-refractivity contribution >= 4 is 22.5 Å². The van der Waals surface area contributed by atoms with Crippen LogP contribution in [-0.2, 0) is 4.79 Å². The van der Waals surface area contributed by atoms with Crippen LogP contribution in [0.3, 0.4) is 0 Å². The van der Waals surface area contributed by atoms with E-state index in [1.165, 1.54) is 0 Å². The van der Waals surface area contributed by atoms with E-state index < -0.39 is 0 Å². The number of hydrogen-bond donors (Lipinski definition) is 0. The van der Waals surface area contributed by atoms with Crippen molar-refractivity contribution in [2.75, 3.05) is 18.6 Å². The van der Waals surface area contributed by atoms with Crippen LogP contribution in [0, 0.1) is 0 Å². The zero-order valence-corrected chi connectivity index (χ0v) is 12.8. The third-order valence-corrected chi connectivity index (χ3v) is 3.46. The van der Waals surface area contributed by atoms with Crippen molar-refractivity contribution in [3.63, 3.8) is 0 Å². The largest absolute Gasteiger partial charge is 0.481 e. The van der Waals surface area contributed by atoms with Gasteiger partial charge in [0.15, 0.2) is 6.61 Å². The fourth-order valence-electron chi connectivity index (χ4n) is 2.22. The van der Waals surface area contributed by atoms with Gasteiger partial charge < -0.3 is 15.1 Å². The summed E-state index contributed by atoms with van der Waals surface area (Å²) in [7, 11) is 1.74. The molecule has 2 N–H and O–H groups in total. The van der Waals surface area contributed by atoms with Gasteiger partial charge in [-0.15, -0.1) is 0 Å². The molecule has 1 aromatic heterocycles. The monoisotopic (exact) mass is 310 g/mol. The first-order chi connectivity index (χ1) is 10.8. The minimum atomic E-state index is -0.112. The molecule has 0 saturated heterocycles. The number of aromatic nitrogens is 1. The molecule has 0 spiro atoms. The molecule has 0 fully saturated rings. The number of fused-ring (bicyclic) bond motifs is 1. The zero-order chi connectivity index (χ0) is 15.4. The minimum Gasteiger partial charge on any atom is -0.481 e. The fraction of sp³-hybridized carbons (Fsp3) is 0.111. The van der Waals surface area contributed by atoms with Gasteiger partial charge in [-0.1, -0.05) is 36.4 Å². The number of amides is 1. The molecule has 0 atom stereocenters. The van der Waals surface area contributed by atoms with Crippen LogP contribution >= 0.6 is 0 Å². The molecular formula is C18H18N2O3. The summed E-state index contributed by atoms with van der Waals surface area (Å²) in [5, 5.41) is 0.990. The smallest absolute Gasteiger partial charge is 0.264 e. The van der Waals surface area contributed by atoms with Crippen LogP contribution in [0.1, 0.15) is 0 Å². The Balaban J connectivity index is 0.00000192. The summed E-state index contributed by atoms with van der Waals surface area (Å²) in [4.78, 5) is 18.1. The molecule has 3 aromatic rings. The van der Waals surface area contributed by atoms with E-state index in [0.29, 0.717) is 5.75 Å². The number of pyridine rings is 1. The maximum absolute atomic E-state index is 12.2. The minimum absolute atomic E-state index is 0. The lowest BCUT2D eigenvalue weighted by molar-refractivity contribution is -0.120. The Morgan fingerprint density at radius 2 is 1.78 bits per heavy atom. The van der Waals surface area contributed by atoms with Gasteiger partial charge >= 0.3 is 0 Å². The van der Waals surface area contributed by atoms with E-state index in [9.17, 15) is 4.79 Å². The molecule has 0 aliphatic carbocycles. The summed E-state index contributed by atoms with van der Waals surface area (Å²) in [5.74, 6) is 0.507. The van der Waals surface area contributed by atoms with Crippen LogP contribution in [-0.4, -0.2) is 30.0 Å². The molecule has 0 aliphatic heterocycles. The Bertz CT molecular complexity index is 785. The quantitative estimate of drug-likeness (QED) is 0.743. The van der Waals surface area contributed by atoms with Crippen LogP contribution < -0.4 is 9.64 Å². The topological polar surface area (TPSA) is 73.9 Å². The first-order valence-corrected chi connectivity index (χ1v) is 7.04. The molecule has 5 nitrogen and oxygen atoms in total. The standard InChI is InChI=1S/C18H16N2O2.H2O/c1-20(15-9-3-2-4-10-15)17(21)13-22-16-11-5-7-14-8-6-12-19-18(14)16;/h2-12H,13H2,1H3;1H2. The maximum Gasteiger partial charge on any atom is 0.264 e. The predicted octanol–water partition coefficient (Wildman–Crippen LogP) is 2.45. The Morgan fingerprint density at radius 1 is 1.04 bits per heavy atom. The molecule has 23 heavy (non-hydrogen) atoms. The van der Waals surface area contributed by atoms with E-state index in [4.69, 9.17) is 4.74 Å². The Kier molecular flexibility index (Phi) is 5.28. The highest BCUT2D eigenvalue weighted by molar-refractivity contribution is 5.94. The van der Waals surface area contributed by atoms with E-state index in [-0.39, 0.29) is 18.0 Å². The number of carbonyl (C=O) groups is 1. The predicted molar refractivity (Wildman–Crippen MR) is 90.7 cm³/mol. The maximum atomic E-state index is 12.2. The number of hydrogen-bond acceptors (Lipinski definition) is 3. The molecule has 3 rings (SSSR count). The lowest BCUT2D eigenvalue weighted by atomic mass is 10.2. The van der Waals surface area contributed by atoms with Crippen molar-refractivity contribution in [3.05, 3.63) is 66.9 Å². The lowest BCUT2D eigenvalue weighted by Gasteiger charge is -2.17. The molecule has 0 aliphatic rings. The highest BCUT2D eigenvalue weighted by Crippen LogP contribution is 2.23. The molecule has 5 heteroatoms. The van der Waals surface area contributed by atoms with Gasteiger partial charge in [0.25, 0.3) is 5.91 Å². The van der Waals surface area contributed by atoms with Gasteiger partial charge in [0.2, 0.25) is 0 Å². The van der Waals surface area contributed by atoms with E-state index in [0.717, 1.165) is 16.6 Å². The third kappa shape index (κ3) is 3.64. The highest BCUT2D eigenvalue weighted by Gasteiger charge is 2.12. The lowest BCUT2D eigenvalue weighted by Crippen LogP contribution is -2.31. The van der Waals surface area contributed by atoms with Crippen molar-refractivity contribution in [2.45, 2.75) is 0 Å². The molecule has 1 amide bonds. The number of nitrogens with zero attached hydrogens (tertiary/aromatic N) is 2. The van der Waals surface area contributed by atoms with Gasteiger partial charge in [0.05, 0.1) is 0 Å². The highest BCUT2D eigenvalue weighted by atomic mass is 16.5. The van der Waals surface area contributed by atoms with E-state index in [2.05, 4.69) is 4.98 Å². The number of para-hydroxylation sites is 2. The second-order valence-electron chi connectivity index (χ2n) is 4.91. The summed E-state index contributed by atoms with van der Waals surface area (Å²) in [5.41, 5.74) is 1.60. The Labute approximate surface area is 134 Å². The average Bonchev–Trinajstić information content (AvgIpc) is 2.59. The zero-order valence-electron chi connectivity index (χ0n) is 12.8. The summed E-state index contributed by atoms with van der Waals surface area (Å²) < 4.78 is 5.67. The van der Waals surface area contributed by atoms with E-state index in [1.54, 1.807) is 18.1 Å². The molecule has 118 valence electrons. The van der Waals surface area contributed by atoms with Crippen molar-refractivity contribution in [3.8, 4) is 5.75 Å². The van der Waals surface area contributed by atoms with Gasteiger partial charge in [0.1, 0.15) is 11.3 Å². The summed E-state index contributed by atoms with van der Waals surface area (Å²) >= 11 is 0. The first kappa shape index (κ1) is 16.5. The number of benzene rings is 2. The first-order valence-electron chi connectivity index (χ1n) is 7.04. The number of ether oxygens (including phenoxy) is 1. The normalized spacial score (nSPS) is 9.96. The molecule has 1 heterocycles. The second kappa shape index (κ2) is 7.38.